The molecule has 2 heterocycles. The molecule has 0 radical (unpaired) electrons. The third-order valence-corrected chi connectivity index (χ3v) is 3.44. The van der Waals surface area contributed by atoms with Crippen molar-refractivity contribution in [3.05, 3.63) is 76.0 Å². The van der Waals surface area contributed by atoms with Crippen LogP contribution in [0.1, 0.15) is 5.56 Å². The van der Waals surface area contributed by atoms with Crippen molar-refractivity contribution in [2.75, 3.05) is 0 Å². The summed E-state index contributed by atoms with van der Waals surface area (Å²) in [5.41, 5.74) is 4.32. The van der Waals surface area contributed by atoms with Crippen molar-refractivity contribution in [3.8, 4) is 17.7 Å². The van der Waals surface area contributed by atoms with E-state index in [4.69, 9.17) is 15.7 Å². The number of rotatable bonds is 4. The summed E-state index contributed by atoms with van der Waals surface area (Å²) in [6.07, 6.45) is 2.51. The van der Waals surface area contributed by atoms with Gasteiger partial charge in [-0.1, -0.05) is 6.07 Å². The first-order chi connectivity index (χ1) is 12.5. The van der Waals surface area contributed by atoms with Gasteiger partial charge in [-0.3, -0.25) is 14.0 Å². The van der Waals surface area contributed by atoms with Crippen molar-refractivity contribution in [1.29, 1.82) is 5.26 Å². The van der Waals surface area contributed by atoms with Gasteiger partial charge in [0.1, 0.15) is 34.4 Å². The van der Waals surface area contributed by atoms with Crippen LogP contribution < -0.4 is 16.0 Å². The number of ether oxygens (including phenoxy) is 1. The van der Waals surface area contributed by atoms with Crippen molar-refractivity contribution in [2.45, 2.75) is 0 Å². The van der Waals surface area contributed by atoms with Gasteiger partial charge in [-0.05, 0) is 42.5 Å². The number of carbonyl (C=O) groups is 1. The Bertz CT molecular complexity index is 1130. The first kappa shape index (κ1) is 16.9. The molecule has 8 heteroatoms. The van der Waals surface area contributed by atoms with E-state index < -0.39 is 22.9 Å². The number of benzene rings is 1. The van der Waals surface area contributed by atoms with Gasteiger partial charge < -0.3 is 10.5 Å². The Morgan fingerprint density at radius 2 is 2.00 bits per heavy atom. The van der Waals surface area contributed by atoms with Crippen LogP contribution in [0.3, 0.4) is 0 Å². The van der Waals surface area contributed by atoms with Crippen molar-refractivity contribution in [1.82, 2.24) is 9.38 Å². The second-order valence-corrected chi connectivity index (χ2v) is 5.15. The molecule has 7 nitrogen and oxygen atoms in total. The predicted octanol–water partition coefficient (Wildman–Crippen LogP) is 2.02. The summed E-state index contributed by atoms with van der Waals surface area (Å²) in [7, 11) is 0. The molecule has 0 unspecified atom stereocenters. The van der Waals surface area contributed by atoms with Crippen LogP contribution in [-0.4, -0.2) is 15.3 Å². The first-order valence-electron chi connectivity index (χ1n) is 7.36. The standard InChI is InChI=1S/C18H11FN4O3/c19-12-4-6-13(7-5-12)26-17-14(9-11(10-20)16(21)24)18(25)23-8-2-1-3-15(23)22-17/h1-9H,(H2,21,24)/b11-9-. The van der Waals surface area contributed by atoms with E-state index in [0.717, 1.165) is 6.08 Å². The maximum Gasteiger partial charge on any atom is 0.269 e. The Labute approximate surface area is 146 Å². The number of fused-ring (bicyclic) bond motifs is 1. The molecular formula is C18H11FN4O3. The maximum absolute atomic E-state index is 13.1. The van der Waals surface area contributed by atoms with Gasteiger partial charge in [0.05, 0.1) is 0 Å². The molecule has 0 bridgehead atoms. The minimum absolute atomic E-state index is 0.131. The summed E-state index contributed by atoms with van der Waals surface area (Å²) in [6.45, 7) is 0. The first-order valence-corrected chi connectivity index (χ1v) is 7.36. The van der Waals surface area contributed by atoms with Crippen LogP contribution in [0, 0.1) is 17.1 Å². The van der Waals surface area contributed by atoms with Gasteiger partial charge in [0.15, 0.2) is 0 Å². The van der Waals surface area contributed by atoms with Crippen LogP contribution in [-0.2, 0) is 4.79 Å². The van der Waals surface area contributed by atoms with E-state index in [-0.39, 0.29) is 17.2 Å². The topological polar surface area (TPSA) is 110 Å². The monoisotopic (exact) mass is 350 g/mol. The van der Waals surface area contributed by atoms with Crippen molar-refractivity contribution >= 4 is 17.6 Å². The number of amides is 1. The Morgan fingerprint density at radius 1 is 1.27 bits per heavy atom. The lowest BCUT2D eigenvalue weighted by molar-refractivity contribution is -0.114. The molecule has 0 fully saturated rings. The predicted molar refractivity (Wildman–Crippen MR) is 90.7 cm³/mol. The van der Waals surface area contributed by atoms with E-state index in [2.05, 4.69) is 4.98 Å². The average molecular weight is 350 g/mol. The molecule has 2 aromatic heterocycles. The van der Waals surface area contributed by atoms with Crippen LogP contribution in [0.25, 0.3) is 11.7 Å². The lowest BCUT2D eigenvalue weighted by Crippen LogP contribution is -2.20. The molecule has 0 spiro atoms. The van der Waals surface area contributed by atoms with Crippen LogP contribution in [0.4, 0.5) is 4.39 Å². The average Bonchev–Trinajstić information content (AvgIpc) is 2.63. The summed E-state index contributed by atoms with van der Waals surface area (Å²) in [4.78, 5) is 28.3. The van der Waals surface area contributed by atoms with Gasteiger partial charge in [0.25, 0.3) is 11.5 Å². The SMILES string of the molecule is N#C/C(=C/c1c(Oc2ccc(F)cc2)nc2ccccn2c1=O)C(N)=O. The largest absolute Gasteiger partial charge is 0.438 e. The zero-order valence-electron chi connectivity index (χ0n) is 13.2. The molecule has 3 rings (SSSR count). The second-order valence-electron chi connectivity index (χ2n) is 5.15. The number of nitriles is 1. The van der Waals surface area contributed by atoms with Gasteiger partial charge in [0, 0.05) is 6.20 Å². The van der Waals surface area contributed by atoms with Crippen molar-refractivity contribution in [2.24, 2.45) is 5.73 Å². The zero-order chi connectivity index (χ0) is 18.7. The lowest BCUT2D eigenvalue weighted by Gasteiger charge is -2.10. The molecule has 26 heavy (non-hydrogen) atoms. The fourth-order valence-electron chi connectivity index (χ4n) is 2.20. The molecule has 1 aromatic carbocycles. The van der Waals surface area contributed by atoms with E-state index >= 15 is 0 Å². The van der Waals surface area contributed by atoms with E-state index in [1.54, 1.807) is 24.3 Å². The minimum Gasteiger partial charge on any atom is -0.438 e. The van der Waals surface area contributed by atoms with Gasteiger partial charge in [-0.15, -0.1) is 0 Å². The number of halogens is 1. The number of aromatic nitrogens is 2. The number of pyridine rings is 1. The zero-order valence-corrected chi connectivity index (χ0v) is 13.2. The molecule has 0 aliphatic heterocycles. The van der Waals surface area contributed by atoms with Gasteiger partial charge in [-0.2, -0.15) is 10.2 Å². The maximum atomic E-state index is 13.1. The fraction of sp³-hybridized carbons (Fsp3) is 0. The Morgan fingerprint density at radius 3 is 2.65 bits per heavy atom. The quantitative estimate of drug-likeness (QED) is 0.572. The highest BCUT2D eigenvalue weighted by Crippen LogP contribution is 2.24. The number of nitrogens with zero attached hydrogens (tertiary/aromatic N) is 3. The summed E-state index contributed by atoms with van der Waals surface area (Å²) >= 11 is 0. The summed E-state index contributed by atoms with van der Waals surface area (Å²) in [5.74, 6) is -1.35. The number of primary amides is 1. The number of carbonyl (C=O) groups excluding carboxylic acids is 1. The van der Waals surface area contributed by atoms with Crippen LogP contribution in [0.15, 0.2) is 59.0 Å². The smallest absolute Gasteiger partial charge is 0.269 e. The molecule has 0 saturated carbocycles. The third kappa shape index (κ3) is 3.27. The highest BCUT2D eigenvalue weighted by molar-refractivity contribution is 6.00. The van der Waals surface area contributed by atoms with Crippen LogP contribution in [0.5, 0.6) is 11.6 Å². The van der Waals surface area contributed by atoms with Crippen LogP contribution >= 0.6 is 0 Å². The highest BCUT2D eigenvalue weighted by Gasteiger charge is 2.16. The van der Waals surface area contributed by atoms with Gasteiger partial charge >= 0.3 is 0 Å². The molecule has 1 amide bonds. The van der Waals surface area contributed by atoms with E-state index in [1.165, 1.54) is 34.9 Å². The van der Waals surface area contributed by atoms with Gasteiger partial charge in [0.2, 0.25) is 5.88 Å². The molecule has 0 atom stereocenters. The van der Waals surface area contributed by atoms with E-state index in [9.17, 15) is 14.0 Å². The molecule has 2 N–H and O–H groups in total. The second kappa shape index (κ2) is 6.86. The van der Waals surface area contributed by atoms with Crippen molar-refractivity contribution in [3.63, 3.8) is 0 Å². The molecular weight excluding hydrogens is 339 g/mol. The normalized spacial score (nSPS) is 11.2. The summed E-state index contributed by atoms with van der Waals surface area (Å²) < 4.78 is 19.9. The summed E-state index contributed by atoms with van der Waals surface area (Å²) in [5, 5.41) is 9.04. The van der Waals surface area contributed by atoms with E-state index in [1.807, 2.05) is 0 Å². The Kier molecular flexibility index (Phi) is 4.45. The highest BCUT2D eigenvalue weighted by atomic mass is 19.1. The van der Waals surface area contributed by atoms with Crippen LogP contribution in [0.2, 0.25) is 0 Å². The van der Waals surface area contributed by atoms with Gasteiger partial charge in [-0.25, -0.2) is 4.39 Å². The lowest BCUT2D eigenvalue weighted by atomic mass is 10.2. The summed E-state index contributed by atoms with van der Waals surface area (Å²) in [6, 6.07) is 11.6. The number of nitrogens with two attached hydrogens (primary N) is 1. The molecule has 3 aromatic rings. The Balaban J connectivity index is 2.24. The Hall–Kier alpha value is -3.99. The number of hydrogen-bond acceptors (Lipinski definition) is 5. The molecule has 0 aliphatic carbocycles. The molecule has 0 aliphatic rings. The van der Waals surface area contributed by atoms with E-state index in [0.29, 0.717) is 5.65 Å². The molecule has 128 valence electrons. The minimum atomic E-state index is -0.988. The van der Waals surface area contributed by atoms with Crippen molar-refractivity contribution < 1.29 is 13.9 Å². The molecule has 0 saturated heterocycles. The third-order valence-electron chi connectivity index (χ3n) is 3.44. The number of hydrogen-bond donors (Lipinski definition) is 1. The fourth-order valence-corrected chi connectivity index (χ4v) is 2.20.